The van der Waals surface area contributed by atoms with E-state index in [2.05, 4.69) is 50.8 Å². The summed E-state index contributed by atoms with van der Waals surface area (Å²) in [7, 11) is 1.63. The molecular formula is C34H36F4N6O3S. The molecule has 3 unspecified atom stereocenters. The number of nitrogens with one attached hydrogen (secondary N) is 1. The molecule has 1 N–H and O–H groups in total. The van der Waals surface area contributed by atoms with E-state index in [0.717, 1.165) is 29.2 Å². The van der Waals surface area contributed by atoms with Crippen LogP contribution in [-0.2, 0) is 0 Å². The second-order valence-electron chi connectivity index (χ2n) is 11.6. The minimum absolute atomic E-state index is 0.104. The fourth-order valence-corrected chi connectivity index (χ4v) is 6.49. The fraction of sp³-hybridized carbons (Fsp3) is 0.353. The Morgan fingerprint density at radius 3 is 2.38 bits per heavy atom. The van der Waals surface area contributed by atoms with Crippen LogP contribution < -0.4 is 19.7 Å². The highest BCUT2D eigenvalue weighted by atomic mass is 32.2. The second-order valence-corrected chi connectivity index (χ2v) is 12.7. The number of thioether (sulfide) groups is 1. The third kappa shape index (κ3) is 8.27. The average molecular weight is 685 g/mol. The summed E-state index contributed by atoms with van der Waals surface area (Å²) in [5.41, 5.74) is 3.47. The zero-order valence-corrected chi connectivity index (χ0v) is 27.8. The molecule has 0 spiro atoms. The lowest BCUT2D eigenvalue weighted by Gasteiger charge is -2.37. The molecule has 3 atom stereocenters. The van der Waals surface area contributed by atoms with Crippen molar-refractivity contribution in [2.24, 2.45) is 4.99 Å². The number of rotatable bonds is 9. The van der Waals surface area contributed by atoms with Gasteiger partial charge in [0.1, 0.15) is 24.0 Å². The lowest BCUT2D eigenvalue weighted by molar-refractivity contribution is -0.274. The molecule has 2 amide bonds. The number of aromatic nitrogens is 3. The van der Waals surface area contributed by atoms with Crippen LogP contribution in [0.15, 0.2) is 78.0 Å². The van der Waals surface area contributed by atoms with Gasteiger partial charge in [-0.05, 0) is 79.8 Å². The molecule has 4 aromatic rings. The van der Waals surface area contributed by atoms with Crippen LogP contribution >= 0.6 is 11.8 Å². The van der Waals surface area contributed by atoms with Crippen molar-refractivity contribution in [3.8, 4) is 28.6 Å². The highest BCUT2D eigenvalue weighted by Crippen LogP contribution is 2.37. The maximum atomic E-state index is 15.6. The van der Waals surface area contributed by atoms with Crippen molar-refractivity contribution >= 4 is 28.6 Å². The average Bonchev–Trinajstić information content (AvgIpc) is 3.54. The second kappa shape index (κ2) is 14.7. The Labute approximate surface area is 280 Å². The molecule has 1 fully saturated rings. The van der Waals surface area contributed by atoms with Gasteiger partial charge in [0.25, 0.3) is 0 Å². The molecule has 0 radical (unpaired) electrons. The largest absolute Gasteiger partial charge is 0.573 e. The Morgan fingerprint density at radius 1 is 1.04 bits per heavy atom. The van der Waals surface area contributed by atoms with Gasteiger partial charge in [0.15, 0.2) is 11.0 Å². The topological polar surface area (TPSA) is 93.9 Å². The van der Waals surface area contributed by atoms with Gasteiger partial charge in [-0.2, -0.15) is 4.99 Å². The molecule has 5 rings (SSSR count). The van der Waals surface area contributed by atoms with Crippen molar-refractivity contribution in [2.45, 2.75) is 64.7 Å². The Kier molecular flexibility index (Phi) is 10.6. The van der Waals surface area contributed by atoms with Gasteiger partial charge >= 0.3 is 12.4 Å². The number of aliphatic imine (C=N–C) groups is 1. The number of amidine groups is 1. The van der Waals surface area contributed by atoms with Gasteiger partial charge in [0.05, 0.1) is 18.8 Å². The number of anilines is 1. The Bertz CT molecular complexity index is 1750. The number of hydrogen-bond acceptors (Lipinski definition) is 6. The minimum atomic E-state index is -4.78. The number of carbonyl (C=O) groups excluding carboxylic acids is 1. The Balaban J connectivity index is 1.25. The number of urea groups is 1. The van der Waals surface area contributed by atoms with E-state index >= 15 is 4.39 Å². The summed E-state index contributed by atoms with van der Waals surface area (Å²) in [6.45, 7) is 7.88. The Morgan fingerprint density at radius 2 is 1.73 bits per heavy atom. The van der Waals surface area contributed by atoms with Crippen LogP contribution in [0.1, 0.15) is 57.3 Å². The van der Waals surface area contributed by atoms with E-state index in [0.29, 0.717) is 27.8 Å². The van der Waals surface area contributed by atoms with Crippen LogP contribution in [0.3, 0.4) is 0 Å². The smallest absolute Gasteiger partial charge is 0.497 e. The van der Waals surface area contributed by atoms with E-state index < -0.39 is 24.6 Å². The van der Waals surface area contributed by atoms with Gasteiger partial charge in [-0.1, -0.05) is 49.9 Å². The van der Waals surface area contributed by atoms with Crippen molar-refractivity contribution in [1.82, 2.24) is 20.1 Å². The number of alkyl halides is 4. The summed E-state index contributed by atoms with van der Waals surface area (Å²) in [6, 6.07) is 16.2. The van der Waals surface area contributed by atoms with E-state index in [1.165, 1.54) is 47.0 Å². The van der Waals surface area contributed by atoms with Crippen molar-refractivity contribution in [3.05, 3.63) is 84.2 Å². The summed E-state index contributed by atoms with van der Waals surface area (Å²) in [5.74, 6) is 1.76. The number of benzene rings is 3. The molecule has 1 aromatic heterocycles. The molecule has 3 aromatic carbocycles. The first-order valence-corrected chi connectivity index (χ1v) is 16.3. The molecule has 0 aliphatic carbocycles. The number of hydrogen-bond donors (Lipinski definition) is 1. The highest BCUT2D eigenvalue weighted by molar-refractivity contribution is 8.14. The first-order chi connectivity index (χ1) is 22.8. The zero-order chi connectivity index (χ0) is 34.6. The minimum Gasteiger partial charge on any atom is -0.497 e. The predicted molar refractivity (Wildman–Crippen MR) is 179 cm³/mol. The van der Waals surface area contributed by atoms with Gasteiger partial charge in [-0.15, -0.1) is 18.3 Å². The van der Waals surface area contributed by atoms with Crippen LogP contribution in [0.25, 0.3) is 17.1 Å². The summed E-state index contributed by atoms with van der Waals surface area (Å²) in [4.78, 5) is 23.8. The third-order valence-electron chi connectivity index (χ3n) is 7.83. The van der Waals surface area contributed by atoms with E-state index in [9.17, 15) is 18.0 Å². The number of amides is 2. The van der Waals surface area contributed by atoms with Gasteiger partial charge in [-0.3, -0.25) is 0 Å². The molecular weight excluding hydrogens is 648 g/mol. The molecule has 254 valence electrons. The van der Waals surface area contributed by atoms with Crippen molar-refractivity contribution in [2.75, 3.05) is 17.8 Å². The van der Waals surface area contributed by atoms with Gasteiger partial charge in [-0.25, -0.2) is 18.9 Å². The molecule has 0 saturated carbocycles. The van der Waals surface area contributed by atoms with E-state index in [1.54, 1.807) is 38.3 Å². The van der Waals surface area contributed by atoms with Crippen LogP contribution in [0, 0.1) is 0 Å². The number of ether oxygens (including phenoxy) is 2. The van der Waals surface area contributed by atoms with Crippen molar-refractivity contribution < 1.29 is 31.8 Å². The van der Waals surface area contributed by atoms with Gasteiger partial charge < -0.3 is 19.7 Å². The summed E-state index contributed by atoms with van der Waals surface area (Å²) >= 11 is 1.49. The molecule has 9 nitrogen and oxygen atoms in total. The maximum absolute atomic E-state index is 15.6. The van der Waals surface area contributed by atoms with E-state index in [4.69, 9.17) is 4.74 Å². The van der Waals surface area contributed by atoms with E-state index in [1.807, 2.05) is 18.2 Å². The first kappa shape index (κ1) is 34.7. The normalized spacial score (nSPS) is 17.3. The van der Waals surface area contributed by atoms with Crippen molar-refractivity contribution in [3.63, 3.8) is 0 Å². The number of halogens is 4. The molecule has 0 bridgehead atoms. The summed E-state index contributed by atoms with van der Waals surface area (Å²) in [5, 5.41) is 7.63. The third-order valence-corrected chi connectivity index (χ3v) is 8.82. The Hall–Kier alpha value is -4.59. The SMILES string of the molecule is COc1ccc(N2/C(=N/C(=O)NC(C)C(F)c3ccc(-c4ncn(-c5ccc(OC(F)(F)F)cc5)n4)cc3)SCCC2C)c(C(C)C)c1. The molecule has 1 aliphatic rings. The highest BCUT2D eigenvalue weighted by Gasteiger charge is 2.31. The molecule has 14 heteroatoms. The predicted octanol–water partition coefficient (Wildman–Crippen LogP) is 8.46. The lowest BCUT2D eigenvalue weighted by atomic mass is 9.99. The lowest BCUT2D eigenvalue weighted by Crippen LogP contribution is -2.43. The number of nitrogens with zero attached hydrogens (tertiary/aromatic N) is 5. The number of carbonyl (C=O) groups is 1. The monoisotopic (exact) mass is 684 g/mol. The molecule has 48 heavy (non-hydrogen) atoms. The molecule has 1 saturated heterocycles. The van der Waals surface area contributed by atoms with Crippen LogP contribution in [0.4, 0.5) is 28.0 Å². The van der Waals surface area contributed by atoms with Crippen LogP contribution in [0.5, 0.6) is 11.5 Å². The first-order valence-electron chi connectivity index (χ1n) is 15.3. The van der Waals surface area contributed by atoms with Crippen molar-refractivity contribution in [1.29, 1.82) is 0 Å². The van der Waals surface area contributed by atoms with Crippen LogP contribution in [0.2, 0.25) is 0 Å². The zero-order valence-electron chi connectivity index (χ0n) is 27.0. The van der Waals surface area contributed by atoms with E-state index in [-0.39, 0.29) is 17.7 Å². The molecule has 1 aliphatic heterocycles. The summed E-state index contributed by atoms with van der Waals surface area (Å²) in [6.07, 6.45) is -3.97. The summed E-state index contributed by atoms with van der Waals surface area (Å²) < 4.78 is 63.7. The van der Waals surface area contributed by atoms with Gasteiger partial charge in [0.2, 0.25) is 0 Å². The number of methoxy groups -OCH3 is 1. The standard InChI is InChI=1S/C34H36F4N6O3S/c1-20(2)28-18-27(46-5)14-15-29(28)44-21(3)16-17-48-33(44)41-32(45)40-22(4)30(35)23-6-8-24(9-7-23)31-39-19-43(42-31)25-10-12-26(13-11-25)47-34(36,37)38/h6-15,18-22,30H,16-17H2,1-5H3,(H,40,45)/b41-33-. The maximum Gasteiger partial charge on any atom is 0.573 e. The van der Waals surface area contributed by atoms with Crippen LogP contribution in [-0.4, -0.2) is 57.3 Å². The fourth-order valence-electron chi connectivity index (χ4n) is 5.29. The molecule has 2 heterocycles. The quantitative estimate of drug-likeness (QED) is 0.177. The van der Waals surface area contributed by atoms with Gasteiger partial charge in [0, 0.05) is 23.0 Å².